The third-order valence-electron chi connectivity index (χ3n) is 13.2. The molecule has 3 heterocycles. The van der Waals surface area contributed by atoms with Crippen LogP contribution in [-0.2, 0) is 35.8 Å². The number of ether oxygens (including phenoxy) is 3. The van der Waals surface area contributed by atoms with Crippen LogP contribution in [0.2, 0.25) is 5.02 Å². The number of methoxy groups -OCH3 is 2. The van der Waals surface area contributed by atoms with Crippen LogP contribution in [0, 0.1) is 17.8 Å². The molecule has 2 fully saturated rings. The Balaban J connectivity index is 1.27. The van der Waals surface area contributed by atoms with E-state index in [0.29, 0.717) is 44.1 Å². The highest BCUT2D eigenvalue weighted by atomic mass is 35.5. The predicted octanol–water partition coefficient (Wildman–Crippen LogP) is 5.36. The number of nitrogens with one attached hydrogen (secondary N) is 1. The zero-order valence-corrected chi connectivity index (χ0v) is 33.9. The molecule has 294 valence electrons. The first-order valence-corrected chi connectivity index (χ1v) is 21.7. The Labute approximate surface area is 326 Å². The minimum absolute atomic E-state index is 0.0121. The third-order valence-corrected chi connectivity index (χ3v) is 15.6. The molecular formula is C42H57ClN4O6S. The lowest BCUT2D eigenvalue weighted by molar-refractivity contribution is -0.138. The van der Waals surface area contributed by atoms with Gasteiger partial charge < -0.3 is 24.0 Å². The molecule has 0 aromatic heterocycles. The topological polar surface area (TPSA) is 101 Å². The maximum absolute atomic E-state index is 14.0. The van der Waals surface area contributed by atoms with E-state index >= 15 is 0 Å². The minimum atomic E-state index is -2.99. The Bertz CT molecular complexity index is 1860. The van der Waals surface area contributed by atoms with E-state index < -0.39 is 15.3 Å². The van der Waals surface area contributed by atoms with E-state index in [9.17, 15) is 13.8 Å². The van der Waals surface area contributed by atoms with E-state index in [2.05, 4.69) is 51.6 Å². The fraction of sp³-hybridized carbons (Fsp3) is 0.595. The Morgan fingerprint density at radius 2 is 1.91 bits per heavy atom. The Kier molecular flexibility index (Phi) is 11.5. The van der Waals surface area contributed by atoms with Gasteiger partial charge in [-0.2, -0.15) is 0 Å². The highest BCUT2D eigenvalue weighted by molar-refractivity contribution is 7.99. The van der Waals surface area contributed by atoms with Crippen LogP contribution >= 0.6 is 11.6 Å². The van der Waals surface area contributed by atoms with Crippen molar-refractivity contribution in [2.24, 2.45) is 17.8 Å². The van der Waals surface area contributed by atoms with Gasteiger partial charge in [0.15, 0.2) is 0 Å². The molecule has 2 aromatic carbocycles. The van der Waals surface area contributed by atoms with Crippen LogP contribution in [0.25, 0.3) is 0 Å². The molecule has 1 spiro atoms. The highest BCUT2D eigenvalue weighted by Gasteiger charge is 2.50. The van der Waals surface area contributed by atoms with Crippen LogP contribution in [-0.4, -0.2) is 116 Å². The minimum Gasteiger partial charge on any atom is -0.490 e. The van der Waals surface area contributed by atoms with Gasteiger partial charge in [0.1, 0.15) is 18.0 Å². The largest absolute Gasteiger partial charge is 0.490 e. The number of carbonyl (C=O) groups is 2. The summed E-state index contributed by atoms with van der Waals surface area (Å²) in [5.41, 5.74) is 3.06. The molecule has 3 aliphatic heterocycles. The second kappa shape index (κ2) is 15.8. The number of amides is 2. The SMILES string of the molecule is C=S1(=O)NC(=O)c2ccc3c(c2)N(C[C@@H]2CC[C@H]2[C@@](CN2CCN(C(=O)COC)CC2)(OC)/C=C/C[C@H](C)[C@H]1C)C[C@@]1(CCCc2cc(Cl)ccc21)CO3. The number of anilines is 1. The van der Waals surface area contributed by atoms with Crippen molar-refractivity contribution in [3.05, 3.63) is 70.3 Å². The molecule has 1 unspecified atom stereocenters. The Morgan fingerprint density at radius 1 is 1.11 bits per heavy atom. The molecule has 2 aromatic rings. The Morgan fingerprint density at radius 3 is 2.63 bits per heavy atom. The number of hydrogen-bond acceptors (Lipinski definition) is 8. The number of rotatable bonds is 5. The zero-order valence-electron chi connectivity index (χ0n) is 32.3. The van der Waals surface area contributed by atoms with Gasteiger partial charge in [0.2, 0.25) is 5.91 Å². The summed E-state index contributed by atoms with van der Waals surface area (Å²) in [5.74, 6) is 4.98. The monoisotopic (exact) mass is 780 g/mol. The van der Waals surface area contributed by atoms with E-state index in [1.54, 1.807) is 13.2 Å². The summed E-state index contributed by atoms with van der Waals surface area (Å²) in [4.78, 5) is 33.2. The van der Waals surface area contributed by atoms with Crippen molar-refractivity contribution in [3.8, 4) is 5.75 Å². The highest BCUT2D eigenvalue weighted by Crippen LogP contribution is 2.49. The number of carbonyl (C=O) groups excluding carboxylic acids is 2. The summed E-state index contributed by atoms with van der Waals surface area (Å²) in [7, 11) is 0.403. The van der Waals surface area contributed by atoms with E-state index in [4.69, 9.17) is 25.8 Å². The van der Waals surface area contributed by atoms with Crippen LogP contribution in [0.3, 0.4) is 0 Å². The second-order valence-electron chi connectivity index (χ2n) is 16.5. The van der Waals surface area contributed by atoms with Gasteiger partial charge in [-0.05, 0) is 111 Å². The molecule has 2 amide bonds. The number of benzene rings is 2. The maximum Gasteiger partial charge on any atom is 0.262 e. The summed E-state index contributed by atoms with van der Waals surface area (Å²) >= 11 is 6.51. The van der Waals surface area contributed by atoms with Gasteiger partial charge in [-0.15, -0.1) is 0 Å². The Hall–Kier alpha value is -3.09. The molecule has 7 rings (SSSR count). The quantitative estimate of drug-likeness (QED) is 0.320. The second-order valence-corrected chi connectivity index (χ2v) is 19.3. The summed E-state index contributed by atoms with van der Waals surface area (Å²) in [6.45, 7) is 9.64. The summed E-state index contributed by atoms with van der Waals surface area (Å²) < 4.78 is 35.4. The van der Waals surface area contributed by atoms with Gasteiger partial charge in [0.25, 0.3) is 5.91 Å². The smallest absolute Gasteiger partial charge is 0.262 e. The van der Waals surface area contributed by atoms with Gasteiger partial charge in [-0.3, -0.25) is 19.2 Å². The van der Waals surface area contributed by atoms with Crippen molar-refractivity contribution >= 4 is 44.7 Å². The summed E-state index contributed by atoms with van der Waals surface area (Å²) in [6, 6.07) is 11.9. The summed E-state index contributed by atoms with van der Waals surface area (Å²) in [5, 5.41) is 0.379. The molecule has 54 heavy (non-hydrogen) atoms. The molecular weight excluding hydrogens is 724 g/mol. The van der Waals surface area contributed by atoms with Crippen LogP contribution in [0.15, 0.2) is 48.6 Å². The molecule has 1 saturated carbocycles. The first-order chi connectivity index (χ1) is 25.9. The predicted molar refractivity (Wildman–Crippen MR) is 216 cm³/mol. The first-order valence-electron chi connectivity index (χ1n) is 19.6. The molecule has 10 nitrogen and oxygen atoms in total. The molecule has 5 aliphatic rings. The lowest BCUT2D eigenvalue weighted by Gasteiger charge is -2.52. The van der Waals surface area contributed by atoms with Crippen LogP contribution < -0.4 is 14.4 Å². The number of nitrogens with zero attached hydrogens (tertiary/aromatic N) is 3. The zero-order chi connectivity index (χ0) is 38.3. The molecule has 2 bridgehead atoms. The third kappa shape index (κ3) is 7.68. The van der Waals surface area contributed by atoms with Crippen molar-refractivity contribution in [1.29, 1.82) is 0 Å². The lowest BCUT2D eigenvalue weighted by Crippen LogP contribution is -2.59. The molecule has 7 atom stereocenters. The molecule has 1 N–H and O–H groups in total. The van der Waals surface area contributed by atoms with Gasteiger partial charge in [0, 0.05) is 81.3 Å². The molecule has 1 saturated heterocycles. The van der Waals surface area contributed by atoms with Crippen molar-refractivity contribution < 1.29 is 28.0 Å². The van der Waals surface area contributed by atoms with E-state index in [1.165, 1.54) is 11.1 Å². The normalized spacial score (nSPS) is 33.8. The fourth-order valence-electron chi connectivity index (χ4n) is 9.62. The number of allylic oxidation sites excluding steroid dienone is 1. The number of hydrogen-bond donors (Lipinski definition) is 1. The molecule has 0 radical (unpaired) electrons. The molecule has 2 aliphatic carbocycles. The van der Waals surface area contributed by atoms with E-state index in [1.807, 2.05) is 37.1 Å². The first kappa shape index (κ1) is 39.2. The average molecular weight is 781 g/mol. The van der Waals surface area contributed by atoms with Gasteiger partial charge in [-0.1, -0.05) is 36.7 Å². The number of fused-ring (bicyclic) bond motifs is 4. The lowest BCUT2D eigenvalue weighted by atomic mass is 9.63. The standard InChI is InChI=1S/C42H57ClN4O6S/c1-29-8-6-17-42(52-4,27-45-18-20-46(21-19-45)39(48)25-51-3)36-13-10-33(36)24-47-26-41(16-7-9-31-22-34(43)12-14-35(31)41)28-53-38-15-11-32(23-37(38)47)40(49)44-54(5,50)30(29)2/h6,11-12,14-15,17,22-23,29-30,33,36H,5,7-10,13,16,18-21,24-28H2,1-4H3,(H,44,49,50)/b17-6+/t29-,30+,33-,36+,41-,42+,54?/m0/s1. The van der Waals surface area contributed by atoms with Crippen molar-refractivity contribution in [2.45, 2.75) is 68.6 Å². The average Bonchev–Trinajstić information content (AvgIpc) is 3.29. The number of piperazine rings is 1. The van der Waals surface area contributed by atoms with Crippen molar-refractivity contribution in [3.63, 3.8) is 0 Å². The van der Waals surface area contributed by atoms with Gasteiger partial charge >= 0.3 is 0 Å². The maximum atomic E-state index is 14.0. The van der Waals surface area contributed by atoms with Crippen LogP contribution in [0.5, 0.6) is 5.75 Å². The van der Waals surface area contributed by atoms with Gasteiger partial charge in [-0.25, -0.2) is 4.21 Å². The van der Waals surface area contributed by atoms with E-state index in [0.717, 1.165) is 74.7 Å². The van der Waals surface area contributed by atoms with Crippen LogP contribution in [0.1, 0.15) is 67.4 Å². The van der Waals surface area contributed by atoms with E-state index in [-0.39, 0.29) is 40.9 Å². The fourth-order valence-corrected chi connectivity index (χ4v) is 11.3. The van der Waals surface area contributed by atoms with Crippen molar-refractivity contribution in [1.82, 2.24) is 14.5 Å². The van der Waals surface area contributed by atoms with Gasteiger partial charge in [0.05, 0.1) is 22.0 Å². The summed E-state index contributed by atoms with van der Waals surface area (Å²) in [6.07, 6.45) is 10.2. The van der Waals surface area contributed by atoms with Crippen LogP contribution in [0.4, 0.5) is 5.69 Å². The van der Waals surface area contributed by atoms with Crippen molar-refractivity contribution in [2.75, 3.05) is 78.1 Å². The number of halogens is 1. The molecule has 12 heteroatoms. The number of aryl methyl sites for hydroxylation is 1.